The average Bonchev–Trinajstić information content (AvgIpc) is 2.47. The lowest BCUT2D eigenvalue weighted by Crippen LogP contribution is -2.10. The third kappa shape index (κ3) is 2.87. The lowest BCUT2D eigenvalue weighted by atomic mass is 9.86. The molecule has 0 aliphatic heterocycles. The topological polar surface area (TPSA) is 37.8 Å². The molecule has 0 unspecified atom stereocenters. The summed E-state index contributed by atoms with van der Waals surface area (Å²) in [6, 6.07) is 16.5. The van der Waals surface area contributed by atoms with Gasteiger partial charge < -0.3 is 5.32 Å². The largest absolute Gasteiger partial charge is 0.340 e. The Morgan fingerprint density at radius 1 is 0.905 bits per heavy atom. The maximum Gasteiger partial charge on any atom is 0.141 e. The van der Waals surface area contributed by atoms with Gasteiger partial charge in [-0.15, -0.1) is 0 Å². The number of aromatic nitrogens is 2. The van der Waals surface area contributed by atoms with E-state index in [1.165, 1.54) is 5.56 Å². The Hall–Kier alpha value is -2.42. The average molecular weight is 277 g/mol. The maximum atomic E-state index is 4.41. The molecule has 3 nitrogen and oxygen atoms in total. The Bertz CT molecular complexity index is 758. The van der Waals surface area contributed by atoms with Gasteiger partial charge in [0.05, 0.1) is 5.52 Å². The van der Waals surface area contributed by atoms with E-state index in [9.17, 15) is 0 Å². The first kappa shape index (κ1) is 13.6. The fourth-order valence-corrected chi connectivity index (χ4v) is 2.28. The molecular weight excluding hydrogens is 258 g/mol. The van der Waals surface area contributed by atoms with Crippen molar-refractivity contribution in [2.45, 2.75) is 26.2 Å². The predicted octanol–water partition coefficient (Wildman–Crippen LogP) is 4.67. The van der Waals surface area contributed by atoms with E-state index < -0.39 is 0 Å². The summed E-state index contributed by atoms with van der Waals surface area (Å²) in [7, 11) is 0. The molecule has 0 radical (unpaired) electrons. The number of fused-ring (bicyclic) bond motifs is 1. The molecule has 0 saturated carbocycles. The second kappa shape index (κ2) is 5.17. The minimum atomic E-state index is 0.117. The van der Waals surface area contributed by atoms with Gasteiger partial charge in [0.15, 0.2) is 0 Å². The van der Waals surface area contributed by atoms with Gasteiger partial charge in [0, 0.05) is 11.1 Å². The van der Waals surface area contributed by atoms with Crippen molar-refractivity contribution in [2.24, 2.45) is 0 Å². The smallest absolute Gasteiger partial charge is 0.141 e. The number of anilines is 2. The van der Waals surface area contributed by atoms with Crippen molar-refractivity contribution in [3.8, 4) is 0 Å². The summed E-state index contributed by atoms with van der Waals surface area (Å²) in [5, 5.41) is 4.39. The predicted molar refractivity (Wildman–Crippen MR) is 88.0 cm³/mol. The SMILES string of the molecule is CC(C)(C)c1ccc2c(Nc3ccccc3)ncnc2c1. The zero-order valence-corrected chi connectivity index (χ0v) is 12.6. The molecule has 3 rings (SSSR count). The van der Waals surface area contributed by atoms with Crippen LogP contribution in [-0.4, -0.2) is 9.97 Å². The summed E-state index contributed by atoms with van der Waals surface area (Å²) < 4.78 is 0. The van der Waals surface area contributed by atoms with Crippen LogP contribution >= 0.6 is 0 Å². The van der Waals surface area contributed by atoms with Gasteiger partial charge in [-0.3, -0.25) is 0 Å². The zero-order valence-electron chi connectivity index (χ0n) is 12.6. The van der Waals surface area contributed by atoms with Gasteiger partial charge in [-0.25, -0.2) is 9.97 Å². The molecule has 1 N–H and O–H groups in total. The lowest BCUT2D eigenvalue weighted by Gasteiger charge is -2.19. The van der Waals surface area contributed by atoms with Crippen LogP contribution < -0.4 is 5.32 Å². The van der Waals surface area contributed by atoms with Gasteiger partial charge in [0.1, 0.15) is 12.1 Å². The monoisotopic (exact) mass is 277 g/mol. The number of nitrogens with one attached hydrogen (secondary N) is 1. The van der Waals surface area contributed by atoms with Crippen LogP contribution in [0.15, 0.2) is 54.9 Å². The van der Waals surface area contributed by atoms with E-state index in [-0.39, 0.29) is 5.41 Å². The number of hydrogen-bond donors (Lipinski definition) is 1. The van der Waals surface area contributed by atoms with E-state index in [0.29, 0.717) is 0 Å². The highest BCUT2D eigenvalue weighted by atomic mass is 15.0. The second-order valence-corrected chi connectivity index (χ2v) is 6.20. The van der Waals surface area contributed by atoms with Crippen LogP contribution in [0.25, 0.3) is 10.9 Å². The lowest BCUT2D eigenvalue weighted by molar-refractivity contribution is 0.591. The minimum absolute atomic E-state index is 0.117. The molecule has 3 heteroatoms. The fourth-order valence-electron chi connectivity index (χ4n) is 2.28. The Labute approximate surface area is 125 Å². The molecule has 0 bridgehead atoms. The van der Waals surface area contributed by atoms with Crippen LogP contribution in [0.1, 0.15) is 26.3 Å². The standard InChI is InChI=1S/C18H19N3/c1-18(2,3)13-9-10-15-16(11-13)19-12-20-17(15)21-14-7-5-4-6-8-14/h4-12H,1-3H3,(H,19,20,21). The molecular formula is C18H19N3. The first-order valence-corrected chi connectivity index (χ1v) is 7.11. The van der Waals surface area contributed by atoms with Crippen LogP contribution in [0.4, 0.5) is 11.5 Å². The normalized spacial score (nSPS) is 11.6. The molecule has 2 aromatic carbocycles. The van der Waals surface area contributed by atoms with Crippen LogP contribution in [0.2, 0.25) is 0 Å². The summed E-state index contributed by atoms with van der Waals surface area (Å²) >= 11 is 0. The molecule has 3 aromatic rings. The van der Waals surface area contributed by atoms with Gasteiger partial charge in [-0.1, -0.05) is 45.0 Å². The van der Waals surface area contributed by atoms with Crippen LogP contribution in [0.5, 0.6) is 0 Å². The first-order valence-electron chi connectivity index (χ1n) is 7.11. The number of para-hydroxylation sites is 1. The Morgan fingerprint density at radius 3 is 2.38 bits per heavy atom. The summed E-state index contributed by atoms with van der Waals surface area (Å²) in [4.78, 5) is 8.78. The maximum absolute atomic E-state index is 4.41. The van der Waals surface area contributed by atoms with E-state index in [0.717, 1.165) is 22.4 Å². The van der Waals surface area contributed by atoms with Gasteiger partial charge in [-0.2, -0.15) is 0 Å². The van der Waals surface area contributed by atoms with Crippen molar-refractivity contribution in [2.75, 3.05) is 5.32 Å². The van der Waals surface area contributed by atoms with Crippen LogP contribution in [-0.2, 0) is 5.41 Å². The Balaban J connectivity index is 2.05. The van der Waals surface area contributed by atoms with Crippen molar-refractivity contribution in [1.29, 1.82) is 0 Å². The summed E-state index contributed by atoms with van der Waals surface area (Å²) in [5.74, 6) is 0.839. The number of nitrogens with zero attached hydrogens (tertiary/aromatic N) is 2. The van der Waals surface area contributed by atoms with E-state index in [2.05, 4.69) is 54.3 Å². The van der Waals surface area contributed by atoms with E-state index in [1.54, 1.807) is 6.33 Å². The van der Waals surface area contributed by atoms with Crippen LogP contribution in [0.3, 0.4) is 0 Å². The molecule has 21 heavy (non-hydrogen) atoms. The fraction of sp³-hybridized carbons (Fsp3) is 0.222. The van der Waals surface area contributed by atoms with Crippen molar-refractivity contribution in [3.63, 3.8) is 0 Å². The van der Waals surface area contributed by atoms with Gasteiger partial charge in [0.2, 0.25) is 0 Å². The molecule has 0 saturated heterocycles. The number of rotatable bonds is 2. The van der Waals surface area contributed by atoms with Gasteiger partial charge in [0.25, 0.3) is 0 Å². The molecule has 0 fully saturated rings. The van der Waals surface area contributed by atoms with Gasteiger partial charge in [-0.05, 0) is 35.2 Å². The van der Waals surface area contributed by atoms with Crippen LogP contribution in [0, 0.1) is 0 Å². The third-order valence-electron chi connectivity index (χ3n) is 3.54. The number of hydrogen-bond acceptors (Lipinski definition) is 3. The first-order chi connectivity index (χ1) is 10.0. The Morgan fingerprint density at radius 2 is 1.67 bits per heavy atom. The molecule has 0 aliphatic carbocycles. The van der Waals surface area contributed by atoms with E-state index in [1.807, 2.05) is 30.3 Å². The molecule has 0 spiro atoms. The van der Waals surface area contributed by atoms with E-state index in [4.69, 9.17) is 0 Å². The highest BCUT2D eigenvalue weighted by molar-refractivity contribution is 5.91. The molecule has 1 heterocycles. The van der Waals surface area contributed by atoms with Crippen molar-refractivity contribution >= 4 is 22.4 Å². The third-order valence-corrected chi connectivity index (χ3v) is 3.54. The Kier molecular flexibility index (Phi) is 3.34. The van der Waals surface area contributed by atoms with Crippen molar-refractivity contribution in [3.05, 3.63) is 60.4 Å². The highest BCUT2D eigenvalue weighted by Gasteiger charge is 2.15. The summed E-state index contributed by atoms with van der Waals surface area (Å²) in [6.07, 6.45) is 1.61. The van der Waals surface area contributed by atoms with Gasteiger partial charge >= 0.3 is 0 Å². The quantitative estimate of drug-likeness (QED) is 0.739. The molecule has 106 valence electrons. The second-order valence-electron chi connectivity index (χ2n) is 6.20. The summed E-state index contributed by atoms with van der Waals surface area (Å²) in [5.41, 5.74) is 3.39. The molecule has 0 aliphatic rings. The summed E-state index contributed by atoms with van der Waals surface area (Å²) in [6.45, 7) is 6.62. The minimum Gasteiger partial charge on any atom is -0.340 e. The zero-order chi connectivity index (χ0) is 14.9. The molecule has 0 atom stereocenters. The van der Waals surface area contributed by atoms with E-state index >= 15 is 0 Å². The molecule has 1 aromatic heterocycles. The number of benzene rings is 2. The van der Waals surface area contributed by atoms with Crippen molar-refractivity contribution in [1.82, 2.24) is 9.97 Å². The molecule has 0 amide bonds. The highest BCUT2D eigenvalue weighted by Crippen LogP contribution is 2.28. The van der Waals surface area contributed by atoms with Crippen molar-refractivity contribution < 1.29 is 0 Å².